The molecule has 3 N–H and O–H groups in total. The number of carboxylic acids is 1. The van der Waals surface area contributed by atoms with Gasteiger partial charge in [-0.3, -0.25) is 23.5 Å². The van der Waals surface area contributed by atoms with E-state index in [2.05, 4.69) is 0 Å². The van der Waals surface area contributed by atoms with Crippen LogP contribution in [0.15, 0.2) is 27.8 Å². The maximum Gasteiger partial charge on any atom is 0.416 e. The number of aromatic nitrogens is 2. The zero-order valence-corrected chi connectivity index (χ0v) is 18.3. The van der Waals surface area contributed by atoms with Crippen molar-refractivity contribution in [3.8, 4) is 5.88 Å². The minimum atomic E-state index is -4.76. The van der Waals surface area contributed by atoms with Crippen LogP contribution in [0.3, 0.4) is 0 Å². The lowest BCUT2D eigenvalue weighted by molar-refractivity contribution is -0.138. The summed E-state index contributed by atoms with van der Waals surface area (Å²) >= 11 is 0. The maximum absolute atomic E-state index is 13.6. The quantitative estimate of drug-likeness (QED) is 0.579. The number of rotatable bonds is 6. The molecule has 0 unspecified atom stereocenters. The van der Waals surface area contributed by atoms with Crippen molar-refractivity contribution in [3.63, 3.8) is 0 Å². The number of carbonyl (C=O) groups excluding carboxylic acids is 1. The first-order valence-corrected chi connectivity index (χ1v) is 10.7. The molecule has 0 spiro atoms. The van der Waals surface area contributed by atoms with Gasteiger partial charge in [0.25, 0.3) is 11.5 Å². The van der Waals surface area contributed by atoms with E-state index >= 15 is 0 Å². The zero-order chi connectivity index (χ0) is 25.2. The molecule has 0 atom stereocenters. The summed E-state index contributed by atoms with van der Waals surface area (Å²) in [5, 5.41) is 21.5. The van der Waals surface area contributed by atoms with E-state index in [1.54, 1.807) is 0 Å². The van der Waals surface area contributed by atoms with Crippen molar-refractivity contribution in [1.29, 1.82) is 0 Å². The topological polar surface area (TPSA) is 131 Å². The van der Waals surface area contributed by atoms with Gasteiger partial charge in [-0.1, -0.05) is 37.0 Å². The van der Waals surface area contributed by atoms with Crippen LogP contribution in [0.25, 0.3) is 0 Å². The number of aliphatic carboxylic acids is 1. The summed E-state index contributed by atoms with van der Waals surface area (Å²) in [7, 11) is 0. The Morgan fingerprint density at radius 2 is 1.79 bits per heavy atom. The standard InChI is InChI=1S/C22H24F3N3O6/c1-12-7-8-13(15(9-12)22(23,24)25)11-27-19(32)17(18(31)26-10-16(29)30)20(33)28(21(27)34)14-5-3-2-4-6-14/h7-9,14,33H,2-6,10-11H2,1H3,(H,26,31)(H,29,30). The van der Waals surface area contributed by atoms with Crippen LogP contribution >= 0.6 is 0 Å². The largest absolute Gasteiger partial charge is 0.494 e. The number of aryl methyl sites for hydroxylation is 1. The van der Waals surface area contributed by atoms with Gasteiger partial charge in [0.15, 0.2) is 5.56 Å². The number of benzene rings is 1. The lowest BCUT2D eigenvalue weighted by Crippen LogP contribution is -2.46. The Morgan fingerprint density at radius 3 is 2.38 bits per heavy atom. The number of amides is 1. The van der Waals surface area contributed by atoms with Crippen molar-refractivity contribution in [2.75, 3.05) is 6.54 Å². The van der Waals surface area contributed by atoms with Gasteiger partial charge in [-0.15, -0.1) is 0 Å². The average Bonchev–Trinajstić information content (AvgIpc) is 2.76. The predicted molar refractivity (Wildman–Crippen MR) is 114 cm³/mol. The van der Waals surface area contributed by atoms with Gasteiger partial charge in [0.05, 0.1) is 12.1 Å². The third-order valence-corrected chi connectivity index (χ3v) is 5.81. The molecular formula is C22H24F3N3O6. The summed E-state index contributed by atoms with van der Waals surface area (Å²) in [6.07, 6.45) is -1.53. The van der Waals surface area contributed by atoms with E-state index < -0.39 is 65.4 Å². The highest BCUT2D eigenvalue weighted by molar-refractivity contribution is 5.97. The molecule has 1 aromatic heterocycles. The van der Waals surface area contributed by atoms with Crippen LogP contribution in [0, 0.1) is 6.92 Å². The summed E-state index contributed by atoms with van der Waals surface area (Å²) < 4.78 is 42.2. The van der Waals surface area contributed by atoms with Crippen LogP contribution in [0.1, 0.15) is 65.2 Å². The van der Waals surface area contributed by atoms with Gasteiger partial charge in [-0.25, -0.2) is 4.79 Å². The van der Waals surface area contributed by atoms with Gasteiger partial charge in [0, 0.05) is 6.04 Å². The normalized spacial score (nSPS) is 14.7. The molecule has 0 saturated heterocycles. The highest BCUT2D eigenvalue weighted by atomic mass is 19.4. The monoisotopic (exact) mass is 483 g/mol. The van der Waals surface area contributed by atoms with Crippen molar-refractivity contribution in [2.24, 2.45) is 0 Å². The molecule has 34 heavy (non-hydrogen) atoms. The number of carboxylic acid groups (broad SMARTS) is 1. The second-order valence-corrected chi connectivity index (χ2v) is 8.27. The average molecular weight is 483 g/mol. The third-order valence-electron chi connectivity index (χ3n) is 5.81. The molecule has 2 aromatic rings. The SMILES string of the molecule is Cc1ccc(Cn2c(=O)c(C(=O)NCC(=O)O)c(O)n(C3CCCCC3)c2=O)c(C(F)(F)F)c1. The molecule has 1 saturated carbocycles. The van der Waals surface area contributed by atoms with E-state index in [-0.39, 0.29) is 5.56 Å². The first-order chi connectivity index (χ1) is 15.9. The summed E-state index contributed by atoms with van der Waals surface area (Å²) in [6.45, 7) is -0.192. The molecule has 1 amide bonds. The van der Waals surface area contributed by atoms with Crippen molar-refractivity contribution in [1.82, 2.24) is 14.5 Å². The maximum atomic E-state index is 13.6. The van der Waals surface area contributed by atoms with Crippen LogP contribution in [-0.2, 0) is 17.5 Å². The van der Waals surface area contributed by atoms with Gasteiger partial charge in [-0.05, 0) is 31.4 Å². The predicted octanol–water partition coefficient (Wildman–Crippen LogP) is 2.41. The third kappa shape index (κ3) is 5.15. The van der Waals surface area contributed by atoms with Gasteiger partial charge < -0.3 is 15.5 Å². The van der Waals surface area contributed by atoms with Crippen molar-refractivity contribution in [2.45, 2.75) is 57.8 Å². The van der Waals surface area contributed by atoms with Crippen molar-refractivity contribution < 1.29 is 33.0 Å². The summed E-state index contributed by atoms with van der Waals surface area (Å²) in [6, 6.07) is 2.86. The van der Waals surface area contributed by atoms with E-state index in [1.807, 2.05) is 5.32 Å². The Hall–Kier alpha value is -3.57. The van der Waals surface area contributed by atoms with Crippen LogP contribution < -0.4 is 16.6 Å². The molecule has 1 aliphatic rings. The van der Waals surface area contributed by atoms with Crippen LogP contribution in [0.2, 0.25) is 0 Å². The first-order valence-electron chi connectivity index (χ1n) is 10.7. The fourth-order valence-electron chi connectivity index (χ4n) is 4.17. The van der Waals surface area contributed by atoms with Crippen LogP contribution in [0.5, 0.6) is 5.88 Å². The minimum absolute atomic E-state index is 0.322. The number of nitrogens with zero attached hydrogens (tertiary/aromatic N) is 2. The Morgan fingerprint density at radius 1 is 1.15 bits per heavy atom. The molecule has 9 nitrogen and oxygen atoms in total. The zero-order valence-electron chi connectivity index (χ0n) is 18.3. The van der Waals surface area contributed by atoms with Crippen LogP contribution in [0.4, 0.5) is 13.2 Å². The van der Waals surface area contributed by atoms with Crippen LogP contribution in [-0.4, -0.2) is 37.8 Å². The molecule has 1 aliphatic carbocycles. The molecule has 0 radical (unpaired) electrons. The first kappa shape index (κ1) is 25.1. The van der Waals surface area contributed by atoms with Gasteiger partial charge in [-0.2, -0.15) is 13.2 Å². The molecular weight excluding hydrogens is 459 g/mol. The van der Waals surface area contributed by atoms with Crippen molar-refractivity contribution >= 4 is 11.9 Å². The lowest BCUT2D eigenvalue weighted by atomic mass is 9.95. The number of hydrogen-bond donors (Lipinski definition) is 3. The molecule has 3 rings (SSSR count). The van der Waals surface area contributed by atoms with E-state index in [9.17, 15) is 37.5 Å². The minimum Gasteiger partial charge on any atom is -0.494 e. The van der Waals surface area contributed by atoms with E-state index in [4.69, 9.17) is 5.11 Å². The van der Waals surface area contributed by atoms with E-state index in [0.29, 0.717) is 35.8 Å². The Labute approximate surface area is 191 Å². The Balaban J connectivity index is 2.22. The molecule has 12 heteroatoms. The number of nitrogens with one attached hydrogen (secondary N) is 1. The summed E-state index contributed by atoms with van der Waals surface area (Å²) in [5.74, 6) is -3.59. The summed E-state index contributed by atoms with van der Waals surface area (Å²) in [4.78, 5) is 49.7. The Bertz CT molecular complexity index is 1230. The molecule has 1 heterocycles. The highest BCUT2D eigenvalue weighted by Gasteiger charge is 2.34. The number of halogens is 3. The van der Waals surface area contributed by atoms with Crippen molar-refractivity contribution in [3.05, 3.63) is 61.3 Å². The number of alkyl halides is 3. The van der Waals surface area contributed by atoms with Gasteiger partial charge in [0.1, 0.15) is 6.54 Å². The molecule has 0 bridgehead atoms. The number of carbonyl (C=O) groups is 2. The summed E-state index contributed by atoms with van der Waals surface area (Å²) in [5.41, 5.74) is -4.33. The van der Waals surface area contributed by atoms with E-state index in [0.717, 1.165) is 23.1 Å². The van der Waals surface area contributed by atoms with E-state index in [1.165, 1.54) is 13.0 Å². The number of hydrogen-bond acceptors (Lipinski definition) is 5. The second-order valence-electron chi connectivity index (χ2n) is 8.27. The lowest BCUT2D eigenvalue weighted by Gasteiger charge is -2.26. The smallest absolute Gasteiger partial charge is 0.416 e. The fourth-order valence-corrected chi connectivity index (χ4v) is 4.17. The fraction of sp³-hybridized carbons (Fsp3) is 0.455. The molecule has 1 aromatic carbocycles. The van der Waals surface area contributed by atoms with Gasteiger partial charge in [0.2, 0.25) is 5.88 Å². The number of aromatic hydroxyl groups is 1. The molecule has 1 fully saturated rings. The molecule has 0 aliphatic heterocycles. The Kier molecular flexibility index (Phi) is 7.18. The molecule has 184 valence electrons. The van der Waals surface area contributed by atoms with Gasteiger partial charge >= 0.3 is 17.8 Å². The second kappa shape index (κ2) is 9.74. The highest BCUT2D eigenvalue weighted by Crippen LogP contribution is 2.33.